The molecule has 0 unspecified atom stereocenters. The highest BCUT2D eigenvalue weighted by Crippen LogP contribution is 2.20. The van der Waals surface area contributed by atoms with E-state index in [-0.39, 0.29) is 11.8 Å². The normalized spacial score (nSPS) is 19.2. The van der Waals surface area contributed by atoms with Crippen molar-refractivity contribution >= 4 is 5.91 Å². The maximum absolute atomic E-state index is 11.7. The fourth-order valence-electron chi connectivity index (χ4n) is 1.99. The van der Waals surface area contributed by atoms with Gasteiger partial charge < -0.3 is 9.64 Å². The first-order valence-electron chi connectivity index (χ1n) is 5.59. The van der Waals surface area contributed by atoms with Gasteiger partial charge in [0.05, 0.1) is 7.11 Å². The number of carbonyl (C=O) groups is 1. The summed E-state index contributed by atoms with van der Waals surface area (Å²) in [6.07, 6.45) is 5.82. The minimum absolute atomic E-state index is 0.0701. The Labute approximate surface area is 101 Å². The average molecular weight is 229 g/mol. The van der Waals surface area contributed by atoms with E-state index in [1.807, 2.05) is 29.2 Å². The Morgan fingerprint density at radius 2 is 2.18 bits per heavy atom. The van der Waals surface area contributed by atoms with Gasteiger partial charge in [-0.1, -0.05) is 12.1 Å². The van der Waals surface area contributed by atoms with Gasteiger partial charge in [-0.15, -0.1) is 12.3 Å². The Morgan fingerprint density at radius 1 is 1.47 bits per heavy atom. The quantitative estimate of drug-likeness (QED) is 0.738. The number of likely N-dealkylation sites (tertiary alicyclic amines) is 1. The molecule has 0 saturated carbocycles. The van der Waals surface area contributed by atoms with E-state index in [2.05, 4.69) is 5.92 Å². The molecule has 1 fully saturated rings. The van der Waals surface area contributed by atoms with Crippen LogP contribution in [0.3, 0.4) is 0 Å². The molecule has 0 bridgehead atoms. The van der Waals surface area contributed by atoms with Crippen molar-refractivity contribution in [1.29, 1.82) is 0 Å². The largest absolute Gasteiger partial charge is 0.497 e. The third-order valence-corrected chi connectivity index (χ3v) is 2.98. The minimum Gasteiger partial charge on any atom is -0.497 e. The Balaban J connectivity index is 2.01. The third kappa shape index (κ3) is 2.59. The summed E-state index contributed by atoms with van der Waals surface area (Å²) in [7, 11) is 1.64. The van der Waals surface area contributed by atoms with E-state index in [1.54, 1.807) is 7.11 Å². The summed E-state index contributed by atoms with van der Waals surface area (Å²) in [6.45, 7) is 1.29. The summed E-state index contributed by atoms with van der Waals surface area (Å²) in [5, 5.41) is 0. The number of ether oxygens (including phenoxy) is 1. The lowest BCUT2D eigenvalue weighted by Gasteiger charge is -2.15. The second-order valence-corrected chi connectivity index (χ2v) is 4.19. The molecule has 2 rings (SSSR count). The van der Waals surface area contributed by atoms with Gasteiger partial charge in [-0.25, -0.2) is 0 Å². The second kappa shape index (κ2) is 4.92. The van der Waals surface area contributed by atoms with E-state index in [9.17, 15) is 4.79 Å². The molecule has 0 radical (unpaired) electrons. The molecule has 0 N–H and O–H groups in total. The monoisotopic (exact) mass is 229 g/mol. The number of hydrogen-bond acceptors (Lipinski definition) is 2. The van der Waals surface area contributed by atoms with Crippen molar-refractivity contribution in [2.75, 3.05) is 13.7 Å². The second-order valence-electron chi connectivity index (χ2n) is 4.19. The Kier molecular flexibility index (Phi) is 3.34. The smallest absolute Gasteiger partial charge is 0.224 e. The van der Waals surface area contributed by atoms with E-state index in [4.69, 9.17) is 11.2 Å². The number of amides is 1. The fourth-order valence-corrected chi connectivity index (χ4v) is 1.99. The summed E-state index contributed by atoms with van der Waals surface area (Å²) >= 11 is 0. The Hall–Kier alpha value is -1.95. The van der Waals surface area contributed by atoms with Crippen molar-refractivity contribution in [3.63, 3.8) is 0 Å². The zero-order valence-electron chi connectivity index (χ0n) is 9.85. The molecular formula is C14H15NO2. The van der Waals surface area contributed by atoms with E-state index < -0.39 is 0 Å². The predicted octanol–water partition coefficient (Wildman–Crippen LogP) is 1.68. The fraction of sp³-hybridized carbons (Fsp3) is 0.357. The van der Waals surface area contributed by atoms with E-state index in [1.165, 1.54) is 0 Å². The lowest BCUT2D eigenvalue weighted by atomic mass is 10.1. The van der Waals surface area contributed by atoms with Crippen LogP contribution in [0.1, 0.15) is 12.0 Å². The van der Waals surface area contributed by atoms with Crippen LogP contribution >= 0.6 is 0 Å². The minimum atomic E-state index is 0.0701. The molecule has 1 heterocycles. The van der Waals surface area contributed by atoms with Crippen molar-refractivity contribution in [3.05, 3.63) is 29.8 Å². The first-order chi connectivity index (χ1) is 8.22. The number of hydrogen-bond donors (Lipinski definition) is 0. The number of carbonyl (C=O) groups excluding carboxylic acids is 1. The van der Waals surface area contributed by atoms with E-state index >= 15 is 0 Å². The number of terminal acetylenes is 1. The molecule has 1 aliphatic heterocycles. The Bertz CT molecular complexity index is 444. The van der Waals surface area contributed by atoms with E-state index in [0.29, 0.717) is 19.5 Å². The van der Waals surface area contributed by atoms with Gasteiger partial charge in [0.1, 0.15) is 5.75 Å². The maximum Gasteiger partial charge on any atom is 0.224 e. The lowest BCUT2D eigenvalue weighted by molar-refractivity contribution is -0.128. The van der Waals surface area contributed by atoms with Gasteiger partial charge in [0.2, 0.25) is 5.91 Å². The summed E-state index contributed by atoms with van der Waals surface area (Å²) < 4.78 is 5.09. The summed E-state index contributed by atoms with van der Waals surface area (Å²) in [5.74, 6) is 3.68. The highest BCUT2D eigenvalue weighted by Gasteiger charge is 2.27. The predicted molar refractivity (Wildman–Crippen MR) is 65.4 cm³/mol. The molecule has 3 nitrogen and oxygen atoms in total. The van der Waals surface area contributed by atoms with E-state index in [0.717, 1.165) is 11.3 Å². The third-order valence-electron chi connectivity index (χ3n) is 2.98. The van der Waals surface area contributed by atoms with Crippen molar-refractivity contribution in [3.8, 4) is 18.1 Å². The molecule has 1 aliphatic rings. The molecule has 0 spiro atoms. The van der Waals surface area contributed by atoms with Crippen LogP contribution in [-0.2, 0) is 11.3 Å². The molecule has 1 atom stereocenters. The molecule has 88 valence electrons. The van der Waals surface area contributed by atoms with Gasteiger partial charge in [-0.05, 0) is 17.7 Å². The molecule has 17 heavy (non-hydrogen) atoms. The van der Waals surface area contributed by atoms with Crippen molar-refractivity contribution in [1.82, 2.24) is 4.90 Å². The van der Waals surface area contributed by atoms with Crippen LogP contribution in [0.25, 0.3) is 0 Å². The SMILES string of the molecule is C#C[C@@H]1CC(=O)N(Cc2ccc(OC)cc2)C1. The van der Waals surface area contributed by atoms with Gasteiger partial charge in [0.25, 0.3) is 0 Å². The number of nitrogens with zero attached hydrogens (tertiary/aromatic N) is 1. The van der Waals surface area contributed by atoms with Gasteiger partial charge in [-0.2, -0.15) is 0 Å². The zero-order valence-corrected chi connectivity index (χ0v) is 9.85. The van der Waals surface area contributed by atoms with Crippen LogP contribution in [-0.4, -0.2) is 24.5 Å². The summed E-state index contributed by atoms with van der Waals surface area (Å²) in [4.78, 5) is 13.5. The molecule has 1 aromatic carbocycles. The number of benzene rings is 1. The van der Waals surface area contributed by atoms with Crippen LogP contribution < -0.4 is 4.74 Å². The highest BCUT2D eigenvalue weighted by molar-refractivity contribution is 5.79. The van der Waals surface area contributed by atoms with Crippen molar-refractivity contribution < 1.29 is 9.53 Å². The van der Waals surface area contributed by atoms with Gasteiger partial charge in [-0.3, -0.25) is 4.79 Å². The summed E-state index contributed by atoms with van der Waals surface area (Å²) in [5.41, 5.74) is 1.09. The molecular weight excluding hydrogens is 214 g/mol. The highest BCUT2D eigenvalue weighted by atomic mass is 16.5. The van der Waals surface area contributed by atoms with Gasteiger partial charge >= 0.3 is 0 Å². The molecule has 0 aliphatic carbocycles. The van der Waals surface area contributed by atoms with Crippen LogP contribution in [0.15, 0.2) is 24.3 Å². The molecule has 1 amide bonds. The maximum atomic E-state index is 11.7. The van der Waals surface area contributed by atoms with Crippen LogP contribution in [0.5, 0.6) is 5.75 Å². The van der Waals surface area contributed by atoms with Crippen LogP contribution in [0.4, 0.5) is 0 Å². The van der Waals surface area contributed by atoms with Crippen molar-refractivity contribution in [2.24, 2.45) is 5.92 Å². The first-order valence-corrected chi connectivity index (χ1v) is 5.59. The first kappa shape index (κ1) is 11.5. The number of rotatable bonds is 3. The van der Waals surface area contributed by atoms with Gasteiger partial charge in [0, 0.05) is 25.4 Å². The Morgan fingerprint density at radius 3 is 2.71 bits per heavy atom. The summed E-state index contributed by atoms with van der Waals surface area (Å²) in [6, 6.07) is 7.73. The zero-order chi connectivity index (χ0) is 12.3. The topological polar surface area (TPSA) is 29.5 Å². The van der Waals surface area contributed by atoms with Crippen molar-refractivity contribution in [2.45, 2.75) is 13.0 Å². The lowest BCUT2D eigenvalue weighted by Crippen LogP contribution is -2.24. The van der Waals surface area contributed by atoms with Gasteiger partial charge in [0.15, 0.2) is 0 Å². The molecule has 1 saturated heterocycles. The molecule has 0 aromatic heterocycles. The van der Waals surface area contributed by atoms with Crippen LogP contribution in [0.2, 0.25) is 0 Å². The van der Waals surface area contributed by atoms with Crippen LogP contribution in [0, 0.1) is 18.3 Å². The molecule has 3 heteroatoms. The average Bonchev–Trinajstić information content (AvgIpc) is 2.71. The molecule has 1 aromatic rings. The number of methoxy groups -OCH3 is 1. The standard InChI is InChI=1S/C14H15NO2/c1-3-11-8-14(16)15(9-11)10-12-4-6-13(17-2)7-5-12/h1,4-7,11H,8-10H2,2H3/t11-/m1/s1.